The average Bonchev–Trinajstić information content (AvgIpc) is 3.30. The second-order valence-corrected chi connectivity index (χ2v) is 7.71. The third-order valence-electron chi connectivity index (χ3n) is 5.72. The number of oxime groups is 1. The van der Waals surface area contributed by atoms with Crippen LogP contribution in [0, 0.1) is 13.8 Å². The van der Waals surface area contributed by atoms with Crippen LogP contribution in [-0.4, -0.2) is 64.8 Å². The van der Waals surface area contributed by atoms with Gasteiger partial charge >= 0.3 is 0 Å². The highest BCUT2D eigenvalue weighted by Gasteiger charge is 2.35. The molecule has 1 fully saturated rings. The van der Waals surface area contributed by atoms with Crippen LogP contribution in [-0.2, 0) is 20.9 Å². The number of rotatable bonds is 6. The summed E-state index contributed by atoms with van der Waals surface area (Å²) in [6.45, 7) is 5.04. The molecule has 31 heavy (non-hydrogen) atoms. The van der Waals surface area contributed by atoms with E-state index in [1.165, 1.54) is 12.5 Å². The highest BCUT2D eigenvalue weighted by molar-refractivity contribution is 6.03. The van der Waals surface area contributed by atoms with E-state index in [-0.39, 0.29) is 30.8 Å². The van der Waals surface area contributed by atoms with Crippen LogP contribution < -0.4 is 5.32 Å². The zero-order valence-corrected chi connectivity index (χ0v) is 17.6. The van der Waals surface area contributed by atoms with Crippen LogP contribution in [0.15, 0.2) is 35.9 Å². The number of hydrogen-bond donors (Lipinski definition) is 2. The number of benzene rings is 1. The van der Waals surface area contributed by atoms with Crippen LogP contribution in [0.5, 0.6) is 0 Å². The third-order valence-corrected chi connectivity index (χ3v) is 5.72. The van der Waals surface area contributed by atoms with Gasteiger partial charge in [-0.2, -0.15) is 0 Å². The topological polar surface area (TPSA) is 115 Å². The quantitative estimate of drug-likeness (QED) is 0.715. The SMILES string of the molecule is Cc1ccc(C2=NO[C@@H]([C@H]3CO[C@H](CO)CO3)C2)c(CNC(=O)c2ccncn2)c1C. The zero-order chi connectivity index (χ0) is 21.8. The molecule has 2 aliphatic heterocycles. The van der Waals surface area contributed by atoms with E-state index >= 15 is 0 Å². The van der Waals surface area contributed by atoms with Gasteiger partial charge in [0, 0.05) is 24.7 Å². The Kier molecular flexibility index (Phi) is 6.55. The van der Waals surface area contributed by atoms with E-state index in [9.17, 15) is 9.90 Å². The molecule has 3 atom stereocenters. The minimum Gasteiger partial charge on any atom is -0.394 e. The molecule has 0 radical (unpaired) electrons. The minimum atomic E-state index is -0.289. The molecule has 1 amide bonds. The Balaban J connectivity index is 1.46. The fourth-order valence-corrected chi connectivity index (χ4v) is 3.69. The molecule has 2 aliphatic rings. The Labute approximate surface area is 180 Å². The monoisotopic (exact) mass is 426 g/mol. The van der Waals surface area contributed by atoms with E-state index in [1.54, 1.807) is 6.07 Å². The number of aliphatic hydroxyl groups excluding tert-OH is 1. The number of aliphatic hydroxyl groups is 1. The standard InChI is InChI=1S/C22H26N4O5/c1-13-3-4-16(17(14(13)2)8-24-22(28)18-5-6-23-12-25-18)19-7-20(31-26-19)21-11-29-15(9-27)10-30-21/h3-6,12,15,20-21,27H,7-11H2,1-2H3,(H,24,28)/t15-,20-,21-/m1/s1. The minimum absolute atomic E-state index is 0.0628. The lowest BCUT2D eigenvalue weighted by Gasteiger charge is -2.30. The second kappa shape index (κ2) is 9.51. The first-order valence-corrected chi connectivity index (χ1v) is 10.3. The maximum Gasteiger partial charge on any atom is 0.270 e. The summed E-state index contributed by atoms with van der Waals surface area (Å²) in [7, 11) is 0. The van der Waals surface area contributed by atoms with Crippen LogP contribution in [0.25, 0.3) is 0 Å². The molecular weight excluding hydrogens is 400 g/mol. The van der Waals surface area contributed by atoms with Crippen LogP contribution in [0.2, 0.25) is 0 Å². The van der Waals surface area contributed by atoms with Gasteiger partial charge in [0.15, 0.2) is 6.10 Å². The molecule has 3 heterocycles. The largest absolute Gasteiger partial charge is 0.394 e. The Morgan fingerprint density at radius 3 is 2.77 bits per heavy atom. The molecule has 0 aliphatic carbocycles. The molecule has 0 saturated carbocycles. The first-order valence-electron chi connectivity index (χ1n) is 10.3. The molecule has 9 heteroatoms. The molecule has 2 aromatic rings. The number of hydrogen-bond acceptors (Lipinski definition) is 8. The maximum atomic E-state index is 12.5. The van der Waals surface area contributed by atoms with E-state index in [0.717, 1.165) is 28.0 Å². The fourth-order valence-electron chi connectivity index (χ4n) is 3.69. The lowest BCUT2D eigenvalue weighted by atomic mass is 9.92. The van der Waals surface area contributed by atoms with Gasteiger partial charge in [0.25, 0.3) is 5.91 Å². The van der Waals surface area contributed by atoms with Crippen LogP contribution in [0.3, 0.4) is 0 Å². The van der Waals surface area contributed by atoms with Gasteiger partial charge in [-0.25, -0.2) is 9.97 Å². The van der Waals surface area contributed by atoms with Crippen LogP contribution in [0.4, 0.5) is 0 Å². The molecule has 1 aromatic heterocycles. The highest BCUT2D eigenvalue weighted by atomic mass is 16.7. The maximum absolute atomic E-state index is 12.5. The van der Waals surface area contributed by atoms with Crippen molar-refractivity contribution in [1.29, 1.82) is 0 Å². The number of carbonyl (C=O) groups excluding carboxylic acids is 1. The van der Waals surface area contributed by atoms with Gasteiger partial charge in [0.2, 0.25) is 0 Å². The zero-order valence-electron chi connectivity index (χ0n) is 17.6. The van der Waals surface area contributed by atoms with E-state index in [4.69, 9.17) is 14.3 Å². The Morgan fingerprint density at radius 1 is 1.19 bits per heavy atom. The molecule has 9 nitrogen and oxygen atoms in total. The van der Waals surface area contributed by atoms with E-state index in [2.05, 4.69) is 20.4 Å². The van der Waals surface area contributed by atoms with Gasteiger partial charge < -0.3 is 24.7 Å². The first-order chi connectivity index (χ1) is 15.1. The van der Waals surface area contributed by atoms with Crippen molar-refractivity contribution < 1.29 is 24.2 Å². The number of carbonyl (C=O) groups is 1. The average molecular weight is 426 g/mol. The van der Waals surface area contributed by atoms with Gasteiger partial charge in [0.05, 0.1) is 25.5 Å². The fraction of sp³-hybridized carbons (Fsp3) is 0.455. The summed E-state index contributed by atoms with van der Waals surface area (Å²) in [4.78, 5) is 26.0. The molecule has 0 spiro atoms. The van der Waals surface area contributed by atoms with Crippen molar-refractivity contribution in [2.24, 2.45) is 5.16 Å². The van der Waals surface area contributed by atoms with Gasteiger partial charge in [-0.3, -0.25) is 4.79 Å². The van der Waals surface area contributed by atoms with Gasteiger partial charge in [-0.1, -0.05) is 17.3 Å². The van der Waals surface area contributed by atoms with E-state index < -0.39 is 0 Å². The lowest BCUT2D eigenvalue weighted by molar-refractivity contribution is -0.178. The highest BCUT2D eigenvalue weighted by Crippen LogP contribution is 2.27. The summed E-state index contributed by atoms with van der Waals surface area (Å²) >= 11 is 0. The van der Waals surface area contributed by atoms with Crippen LogP contribution in [0.1, 0.15) is 39.2 Å². The summed E-state index contributed by atoms with van der Waals surface area (Å²) in [5, 5.41) is 16.4. The number of ether oxygens (including phenoxy) is 2. The first kappa shape index (κ1) is 21.4. The molecular formula is C22H26N4O5. The third kappa shape index (κ3) is 4.73. The normalized spacial score (nSPS) is 23.2. The smallest absolute Gasteiger partial charge is 0.270 e. The number of nitrogens with one attached hydrogen (secondary N) is 1. The Bertz CT molecular complexity index is 958. The molecule has 1 aromatic carbocycles. The van der Waals surface area contributed by atoms with Gasteiger partial charge in [-0.05, 0) is 36.6 Å². The van der Waals surface area contributed by atoms with Gasteiger partial charge in [-0.15, -0.1) is 0 Å². The van der Waals surface area contributed by atoms with Crippen molar-refractivity contribution in [3.05, 3.63) is 58.7 Å². The summed E-state index contributed by atoms with van der Waals surface area (Å²) < 4.78 is 11.4. The van der Waals surface area contributed by atoms with Crippen molar-refractivity contribution in [2.75, 3.05) is 19.8 Å². The lowest BCUT2D eigenvalue weighted by Crippen LogP contribution is -2.43. The molecule has 0 bridgehead atoms. The number of aryl methyl sites for hydroxylation is 1. The van der Waals surface area contributed by atoms with E-state index in [0.29, 0.717) is 31.9 Å². The molecule has 0 unspecified atom stereocenters. The van der Waals surface area contributed by atoms with E-state index in [1.807, 2.05) is 26.0 Å². The number of nitrogens with zero attached hydrogens (tertiary/aromatic N) is 3. The molecule has 2 N–H and O–H groups in total. The number of amides is 1. The predicted octanol–water partition coefficient (Wildman–Crippen LogP) is 1.29. The van der Waals surface area contributed by atoms with Gasteiger partial charge in [0.1, 0.15) is 24.2 Å². The summed E-state index contributed by atoms with van der Waals surface area (Å²) in [6.07, 6.45) is 2.69. The summed E-state index contributed by atoms with van der Waals surface area (Å²) in [6, 6.07) is 5.63. The Morgan fingerprint density at radius 2 is 2.06 bits per heavy atom. The van der Waals surface area contributed by atoms with Crippen molar-refractivity contribution >= 4 is 11.6 Å². The van der Waals surface area contributed by atoms with Crippen molar-refractivity contribution in [3.8, 4) is 0 Å². The second-order valence-electron chi connectivity index (χ2n) is 7.71. The predicted molar refractivity (Wildman–Crippen MR) is 112 cm³/mol. The van der Waals surface area contributed by atoms with Crippen molar-refractivity contribution in [3.63, 3.8) is 0 Å². The molecule has 4 rings (SSSR count). The van der Waals surface area contributed by atoms with Crippen LogP contribution >= 0.6 is 0 Å². The Hall–Kier alpha value is -2.88. The summed E-state index contributed by atoms with van der Waals surface area (Å²) in [5.74, 6) is -0.261. The molecule has 1 saturated heterocycles. The number of aromatic nitrogens is 2. The van der Waals surface area contributed by atoms with Crippen molar-refractivity contribution in [1.82, 2.24) is 15.3 Å². The summed E-state index contributed by atoms with van der Waals surface area (Å²) in [5.41, 5.74) is 5.29. The van der Waals surface area contributed by atoms with Crippen molar-refractivity contribution in [2.45, 2.75) is 45.1 Å². The molecule has 164 valence electrons.